The number of amides is 6. The first kappa shape index (κ1) is 112. The molecule has 0 saturated heterocycles. The molecule has 0 unspecified atom stereocenters. The predicted molar refractivity (Wildman–Crippen MR) is 456 cm³/mol. The Morgan fingerprint density at radius 3 is 1.43 bits per heavy atom. The fourth-order valence-electron chi connectivity index (χ4n) is 12.7. The molecule has 0 aliphatic rings. The summed E-state index contributed by atoms with van der Waals surface area (Å²) in [6.45, 7) is 7.56. The van der Waals surface area contributed by atoms with Crippen LogP contribution < -0.4 is 49.1 Å². The molecular formula is C86H147N11O25. The van der Waals surface area contributed by atoms with Crippen molar-refractivity contribution in [1.29, 1.82) is 0 Å². The molecule has 36 heteroatoms. The van der Waals surface area contributed by atoms with Crippen LogP contribution in [0, 0.1) is 11.3 Å². The highest BCUT2D eigenvalue weighted by Gasteiger charge is 2.34. The lowest BCUT2D eigenvalue weighted by molar-refractivity contribution is -0.144. The Balaban J connectivity index is 2.05. The van der Waals surface area contributed by atoms with Gasteiger partial charge >= 0.3 is 11.9 Å². The lowest BCUT2D eigenvalue weighted by atomic mass is 9.81. The molecule has 1 aromatic carbocycles. The average Bonchev–Trinajstić information content (AvgIpc) is 0.842. The number of likely N-dealkylation sites (N-methyl/N-ethyl adjacent to an activating group) is 2. The van der Waals surface area contributed by atoms with Crippen LogP contribution >= 0.6 is 0 Å². The maximum absolute atomic E-state index is 13.8. The van der Waals surface area contributed by atoms with Crippen LogP contribution in [0.3, 0.4) is 0 Å². The van der Waals surface area contributed by atoms with Crippen molar-refractivity contribution in [3.63, 3.8) is 0 Å². The SMILES string of the molecule is CN[C@@H](CCCCNC(=O)COCCOCCNC(=O)COCCOCCCC(=O)COCCOCCNC(=O)COCCOCCCC(=O)CC[C@H](NC(=O)CC[C@H](CC(=O)CCCCCCCCCCCCCCCCC(=O)O)C(=O)O)C(C)=O)C(=O)CCC(C)(C)C(=O)CN(C)[C@@H](CCCN=C(N)N)C(=O)N[C@@H](Cc1ccc(O)cc1)C(N)=O. The number of nitrogens with one attached hydrogen (secondary N) is 6. The van der Waals surface area contributed by atoms with E-state index >= 15 is 0 Å². The van der Waals surface area contributed by atoms with Gasteiger partial charge in [-0.3, -0.25) is 77.0 Å². The largest absolute Gasteiger partial charge is 0.508 e. The summed E-state index contributed by atoms with van der Waals surface area (Å²) in [5, 5.41) is 44.7. The lowest BCUT2D eigenvalue weighted by Gasteiger charge is -2.31. The second kappa shape index (κ2) is 72.0. The molecule has 1 rings (SSSR count). The van der Waals surface area contributed by atoms with Gasteiger partial charge in [-0.1, -0.05) is 103 Å². The number of carboxylic acids is 2. The summed E-state index contributed by atoms with van der Waals surface area (Å²) in [5.41, 5.74) is 16.4. The summed E-state index contributed by atoms with van der Waals surface area (Å²) in [6, 6.07) is 2.85. The molecule has 15 N–H and O–H groups in total. The van der Waals surface area contributed by atoms with Crippen LogP contribution in [0.4, 0.5) is 0 Å². The van der Waals surface area contributed by atoms with Crippen LogP contribution in [0.2, 0.25) is 0 Å². The standard InChI is InChI=1S/C86H147N11O25/c1-64(98)71(95-77(105)38-33-66(84(113)114)58-69(101)25-18-16-14-12-10-8-6-7-9-11-13-15-17-19-30-81(109)110)37-36-67(99)26-23-45-115-49-54-120-62-79(107)92-43-47-117-51-53-119-60-70(102)27-24-46-116-50-55-121-63-80(108)93-44-48-118-52-56-122-61-78(106)91-41-21-20-28-72(90-4)75(103)39-40-86(2,3)76(104)59-97(5)74(29-22-42-94-85(88)89)83(112)96-73(82(87)111)57-65-31-34-68(100)35-32-65/h31-32,34-35,66,71-74,90,100H,6-30,33,36-63H2,1-5H3,(H2,87,111)(H,91,106)(H,92,107)(H,93,108)(H,95,105)(H,96,112)(H,109,110)(H,113,114)(H4,88,89,94)/t66-,71+,72+,73+,74+/m1/s1. The summed E-state index contributed by atoms with van der Waals surface area (Å²) in [7, 11) is 3.32. The molecule has 0 aliphatic heterocycles. The molecule has 1 aromatic rings. The average molecular weight is 1740 g/mol. The first-order valence-corrected chi connectivity index (χ1v) is 43.5. The van der Waals surface area contributed by atoms with E-state index in [0.717, 1.165) is 51.4 Å². The number of nitrogens with two attached hydrogens (primary N) is 3. The van der Waals surface area contributed by atoms with Crippen LogP contribution in [0.25, 0.3) is 0 Å². The summed E-state index contributed by atoms with van der Waals surface area (Å²) in [6.07, 6.45) is 19.2. The van der Waals surface area contributed by atoms with Crippen molar-refractivity contribution >= 4 is 88.0 Å². The fourth-order valence-corrected chi connectivity index (χ4v) is 12.7. The Morgan fingerprint density at radius 2 is 0.934 bits per heavy atom. The molecule has 0 saturated carbocycles. The fraction of sp³-hybridized carbons (Fsp3) is 0.756. The Bertz CT molecular complexity index is 3200. The van der Waals surface area contributed by atoms with Crippen molar-refractivity contribution in [3.8, 4) is 5.75 Å². The lowest BCUT2D eigenvalue weighted by Crippen LogP contribution is -2.54. The van der Waals surface area contributed by atoms with Gasteiger partial charge in [-0.25, -0.2) is 0 Å². The highest BCUT2D eigenvalue weighted by atomic mass is 16.5. The van der Waals surface area contributed by atoms with Crippen molar-refractivity contribution in [3.05, 3.63) is 29.8 Å². The quantitative estimate of drug-likeness (QED) is 0.0237. The number of hydrogen-bond acceptors (Lipinski definition) is 26. The summed E-state index contributed by atoms with van der Waals surface area (Å²) in [5.74, 6) is -6.74. The molecule has 5 atom stereocenters. The number of ketones is 6. The van der Waals surface area contributed by atoms with E-state index in [2.05, 4.69) is 36.9 Å². The third-order valence-corrected chi connectivity index (χ3v) is 20.2. The molecule has 0 spiro atoms. The van der Waals surface area contributed by atoms with Crippen LogP contribution in [0.15, 0.2) is 29.3 Å². The van der Waals surface area contributed by atoms with Gasteiger partial charge in [-0.2, -0.15) is 0 Å². The van der Waals surface area contributed by atoms with Gasteiger partial charge < -0.3 is 102 Å². The van der Waals surface area contributed by atoms with Crippen molar-refractivity contribution in [2.75, 3.05) is 153 Å². The third-order valence-electron chi connectivity index (χ3n) is 20.2. The van der Waals surface area contributed by atoms with E-state index in [0.29, 0.717) is 70.1 Å². The number of benzene rings is 1. The number of aromatic hydroxyl groups is 1. The minimum atomic E-state index is -1.15. The van der Waals surface area contributed by atoms with E-state index in [-0.39, 0.29) is 266 Å². The summed E-state index contributed by atoms with van der Waals surface area (Å²) >= 11 is 0. The number of guanidine groups is 1. The molecular weight excluding hydrogens is 1590 g/mol. The molecule has 36 nitrogen and oxygen atoms in total. The normalized spacial score (nSPS) is 12.6. The molecule has 0 fully saturated rings. The maximum Gasteiger partial charge on any atom is 0.306 e. The number of aliphatic carboxylic acids is 2. The Labute approximate surface area is 720 Å². The molecule has 6 amide bonds. The molecule has 0 aliphatic carbocycles. The van der Waals surface area contributed by atoms with Gasteiger partial charge in [0, 0.05) is 103 Å². The van der Waals surface area contributed by atoms with E-state index in [1.807, 2.05) is 0 Å². The Morgan fingerprint density at radius 1 is 0.459 bits per heavy atom. The van der Waals surface area contributed by atoms with Crippen LogP contribution in [0.1, 0.15) is 232 Å². The highest BCUT2D eigenvalue weighted by Crippen LogP contribution is 2.27. The number of unbranched alkanes of at least 4 members (excludes halogenated alkanes) is 14. The number of carboxylic acid groups (broad SMARTS) is 2. The van der Waals surface area contributed by atoms with Gasteiger partial charge in [0.25, 0.3) is 0 Å². The number of aliphatic imine (C=N–C) groups is 1. The van der Waals surface area contributed by atoms with Crippen molar-refractivity contribution < 1.29 is 120 Å². The third kappa shape index (κ3) is 62.7. The van der Waals surface area contributed by atoms with Crippen LogP contribution in [-0.4, -0.2) is 285 Å². The van der Waals surface area contributed by atoms with E-state index in [4.69, 9.17) is 60.2 Å². The van der Waals surface area contributed by atoms with Gasteiger partial charge in [-0.05, 0) is 116 Å². The number of hydrogen-bond donors (Lipinski definition) is 12. The molecule has 122 heavy (non-hydrogen) atoms. The number of carbonyl (C=O) groups is 14. The summed E-state index contributed by atoms with van der Waals surface area (Å²) < 4.78 is 43.4. The number of carbonyl (C=O) groups excluding carboxylic acids is 12. The van der Waals surface area contributed by atoms with Crippen molar-refractivity contribution in [2.24, 2.45) is 33.5 Å². The molecule has 0 heterocycles. The van der Waals surface area contributed by atoms with Gasteiger partial charge in [-0.15, -0.1) is 0 Å². The topological polar surface area (TPSA) is 539 Å². The zero-order valence-corrected chi connectivity index (χ0v) is 73.3. The van der Waals surface area contributed by atoms with Crippen molar-refractivity contribution in [2.45, 2.75) is 257 Å². The highest BCUT2D eigenvalue weighted by molar-refractivity contribution is 5.92. The first-order valence-electron chi connectivity index (χ1n) is 43.5. The number of phenols is 1. The first-order chi connectivity index (χ1) is 58.4. The number of phenolic OH excluding ortho intramolecular Hbond substituents is 1. The van der Waals surface area contributed by atoms with Gasteiger partial charge in [0.1, 0.15) is 55.6 Å². The zero-order valence-electron chi connectivity index (χ0n) is 73.3. The second-order valence-electron chi connectivity index (χ2n) is 31.2. The number of primary amides is 1. The maximum atomic E-state index is 13.8. The molecule has 0 radical (unpaired) electrons. The van der Waals surface area contributed by atoms with Crippen molar-refractivity contribution in [1.82, 2.24) is 36.8 Å². The van der Waals surface area contributed by atoms with E-state index < -0.39 is 65.2 Å². The predicted octanol–water partition coefficient (Wildman–Crippen LogP) is 4.76. The van der Waals surface area contributed by atoms with E-state index in [9.17, 15) is 77.3 Å². The van der Waals surface area contributed by atoms with E-state index in [1.54, 1.807) is 45.0 Å². The number of nitrogens with zero attached hydrogens (tertiary/aromatic N) is 2. The monoisotopic (exact) mass is 1730 g/mol. The van der Waals surface area contributed by atoms with Gasteiger partial charge in [0.2, 0.25) is 35.4 Å². The Hall–Kier alpha value is -8.33. The number of Topliss-reactive ketones (excluding diaryl/α,β-unsaturated/α-hetero) is 6. The van der Waals surface area contributed by atoms with Crippen LogP contribution in [0.5, 0.6) is 5.75 Å². The number of ether oxygens (including phenoxy) is 8. The smallest absolute Gasteiger partial charge is 0.306 e. The molecule has 696 valence electrons. The molecule has 0 bridgehead atoms. The zero-order chi connectivity index (χ0) is 90.4. The van der Waals surface area contributed by atoms with Gasteiger partial charge in [0.15, 0.2) is 23.3 Å². The van der Waals surface area contributed by atoms with E-state index in [1.165, 1.54) is 51.2 Å². The van der Waals surface area contributed by atoms with Crippen LogP contribution in [-0.2, 0) is 111 Å². The minimum absolute atomic E-state index is 0.0421. The second-order valence-corrected chi connectivity index (χ2v) is 31.2. The minimum Gasteiger partial charge on any atom is -0.508 e. The number of rotatable bonds is 85. The summed E-state index contributed by atoms with van der Waals surface area (Å²) in [4.78, 5) is 181. The molecule has 0 aromatic heterocycles. The Kier molecular flexibility index (Phi) is 65.9. The van der Waals surface area contributed by atoms with Gasteiger partial charge in [0.05, 0.1) is 96.7 Å².